The molecule has 0 aromatic heterocycles. The molecule has 0 fully saturated rings. The first-order valence-electron chi connectivity index (χ1n) is 6.41. The normalized spacial score (nSPS) is 15.6. The predicted octanol–water partition coefficient (Wildman–Crippen LogP) is 2.94. The highest BCUT2D eigenvalue weighted by Crippen LogP contribution is 2.29. The largest absolute Gasteiger partial charge is 0.496 e. The zero-order valence-corrected chi connectivity index (χ0v) is 10.5. The van der Waals surface area contributed by atoms with Gasteiger partial charge in [0.2, 0.25) is 0 Å². The van der Waals surface area contributed by atoms with Crippen LogP contribution >= 0.6 is 0 Å². The van der Waals surface area contributed by atoms with Crippen LogP contribution in [-0.4, -0.2) is 13.7 Å². The van der Waals surface area contributed by atoms with Crippen LogP contribution in [0.5, 0.6) is 5.75 Å². The van der Waals surface area contributed by atoms with Crippen molar-refractivity contribution in [2.75, 3.05) is 13.7 Å². The van der Waals surface area contributed by atoms with Crippen molar-refractivity contribution in [1.29, 1.82) is 0 Å². The van der Waals surface area contributed by atoms with Crippen LogP contribution < -0.4 is 10.5 Å². The Hall–Kier alpha value is -1.28. The van der Waals surface area contributed by atoms with Gasteiger partial charge in [0, 0.05) is 12.1 Å². The van der Waals surface area contributed by atoms with Gasteiger partial charge in [-0.25, -0.2) is 0 Å². The Kier molecular flexibility index (Phi) is 4.21. The van der Waals surface area contributed by atoms with E-state index < -0.39 is 0 Å². The molecule has 1 aromatic carbocycles. The van der Waals surface area contributed by atoms with Crippen molar-refractivity contribution in [3.05, 3.63) is 34.9 Å². The van der Waals surface area contributed by atoms with Crippen molar-refractivity contribution in [3.8, 4) is 5.75 Å². The highest BCUT2D eigenvalue weighted by molar-refractivity contribution is 5.60. The Morgan fingerprint density at radius 2 is 1.88 bits per heavy atom. The van der Waals surface area contributed by atoms with Crippen LogP contribution in [-0.2, 0) is 12.8 Å². The van der Waals surface area contributed by atoms with Gasteiger partial charge in [-0.3, -0.25) is 0 Å². The minimum absolute atomic E-state index is 0.570. The third-order valence-corrected chi connectivity index (χ3v) is 3.38. The van der Waals surface area contributed by atoms with E-state index >= 15 is 0 Å². The van der Waals surface area contributed by atoms with Crippen molar-refractivity contribution in [2.45, 2.75) is 32.1 Å². The summed E-state index contributed by atoms with van der Waals surface area (Å²) >= 11 is 0. The van der Waals surface area contributed by atoms with Gasteiger partial charge in [0.15, 0.2) is 0 Å². The van der Waals surface area contributed by atoms with E-state index in [0.29, 0.717) is 6.54 Å². The van der Waals surface area contributed by atoms with Crippen LogP contribution in [0.2, 0.25) is 0 Å². The van der Waals surface area contributed by atoms with Crippen molar-refractivity contribution < 1.29 is 4.74 Å². The number of methoxy groups -OCH3 is 1. The van der Waals surface area contributed by atoms with E-state index in [1.807, 2.05) is 6.08 Å². The maximum Gasteiger partial charge on any atom is 0.126 e. The smallest absolute Gasteiger partial charge is 0.126 e. The molecule has 0 unspecified atom stereocenters. The van der Waals surface area contributed by atoms with E-state index in [2.05, 4.69) is 18.2 Å². The molecule has 0 spiro atoms. The maximum atomic E-state index is 5.50. The van der Waals surface area contributed by atoms with E-state index in [-0.39, 0.29) is 0 Å². The highest BCUT2D eigenvalue weighted by atomic mass is 16.5. The highest BCUT2D eigenvalue weighted by Gasteiger charge is 2.11. The molecular formula is C15H21NO. The lowest BCUT2D eigenvalue weighted by Gasteiger charge is -2.11. The molecule has 0 radical (unpaired) electrons. The molecule has 1 aliphatic carbocycles. The van der Waals surface area contributed by atoms with Gasteiger partial charge >= 0.3 is 0 Å². The van der Waals surface area contributed by atoms with Gasteiger partial charge in [-0.05, 0) is 48.9 Å². The third-order valence-electron chi connectivity index (χ3n) is 3.38. The van der Waals surface area contributed by atoms with Crippen molar-refractivity contribution in [2.24, 2.45) is 5.73 Å². The first kappa shape index (κ1) is 12.2. The van der Waals surface area contributed by atoms with E-state index in [1.54, 1.807) is 7.11 Å². The number of nitrogens with two attached hydrogens (primary N) is 1. The van der Waals surface area contributed by atoms with Crippen LogP contribution in [0, 0.1) is 0 Å². The number of rotatable bonds is 3. The van der Waals surface area contributed by atoms with Crippen LogP contribution in [0.15, 0.2) is 18.2 Å². The molecule has 17 heavy (non-hydrogen) atoms. The minimum Gasteiger partial charge on any atom is -0.496 e. The Labute approximate surface area is 103 Å². The van der Waals surface area contributed by atoms with Gasteiger partial charge in [-0.1, -0.05) is 18.6 Å². The van der Waals surface area contributed by atoms with E-state index in [1.165, 1.54) is 43.2 Å². The summed E-state index contributed by atoms with van der Waals surface area (Å²) in [7, 11) is 1.73. The number of aryl methyl sites for hydroxylation is 2. The minimum atomic E-state index is 0.570. The molecule has 92 valence electrons. The lowest BCUT2D eigenvalue weighted by Crippen LogP contribution is -1.97. The molecule has 0 saturated carbocycles. The topological polar surface area (TPSA) is 35.2 Å². The predicted molar refractivity (Wildman–Crippen MR) is 72.3 cm³/mol. The zero-order valence-electron chi connectivity index (χ0n) is 10.5. The second-order valence-electron chi connectivity index (χ2n) is 4.56. The van der Waals surface area contributed by atoms with E-state index in [4.69, 9.17) is 10.5 Å². The van der Waals surface area contributed by atoms with Crippen molar-refractivity contribution in [1.82, 2.24) is 0 Å². The monoisotopic (exact) mass is 231 g/mol. The average Bonchev–Trinajstić information content (AvgIpc) is 2.59. The number of ether oxygens (including phenoxy) is 1. The molecule has 0 aliphatic heterocycles. The molecule has 0 bridgehead atoms. The van der Waals surface area contributed by atoms with Crippen LogP contribution in [0.3, 0.4) is 0 Å². The van der Waals surface area contributed by atoms with Crippen LogP contribution in [0.25, 0.3) is 6.08 Å². The number of benzene rings is 1. The second-order valence-corrected chi connectivity index (χ2v) is 4.56. The first-order valence-corrected chi connectivity index (χ1v) is 6.41. The fraction of sp³-hybridized carbons (Fsp3) is 0.467. The SMILES string of the molecule is COc1cc2c(cc1/C=C/CN)CCCCC2. The molecule has 0 amide bonds. The molecule has 2 nitrogen and oxygen atoms in total. The summed E-state index contributed by atoms with van der Waals surface area (Å²) in [5.41, 5.74) is 9.60. The van der Waals surface area contributed by atoms with Gasteiger partial charge in [0.1, 0.15) is 5.75 Å². The summed E-state index contributed by atoms with van der Waals surface area (Å²) in [5, 5.41) is 0. The van der Waals surface area contributed by atoms with Gasteiger partial charge < -0.3 is 10.5 Å². The number of fused-ring (bicyclic) bond motifs is 1. The average molecular weight is 231 g/mol. The molecule has 0 heterocycles. The van der Waals surface area contributed by atoms with Gasteiger partial charge in [-0.15, -0.1) is 0 Å². The van der Waals surface area contributed by atoms with Gasteiger partial charge in [0.05, 0.1) is 7.11 Å². The van der Waals surface area contributed by atoms with Gasteiger partial charge in [-0.2, -0.15) is 0 Å². The maximum absolute atomic E-state index is 5.50. The second kappa shape index (κ2) is 5.87. The summed E-state index contributed by atoms with van der Waals surface area (Å²) in [6, 6.07) is 4.47. The molecular weight excluding hydrogens is 210 g/mol. The Morgan fingerprint density at radius 3 is 2.53 bits per heavy atom. The van der Waals surface area contributed by atoms with E-state index in [9.17, 15) is 0 Å². The van der Waals surface area contributed by atoms with Crippen LogP contribution in [0.1, 0.15) is 36.0 Å². The molecule has 1 aromatic rings. The standard InChI is InChI=1S/C15H21NO/c1-17-15-11-13-7-4-2-3-6-12(13)10-14(15)8-5-9-16/h5,8,10-11H,2-4,6-7,9,16H2,1H3/b8-5+. The lowest BCUT2D eigenvalue weighted by molar-refractivity contribution is 0.413. The molecule has 1 aliphatic rings. The van der Waals surface area contributed by atoms with Crippen LogP contribution in [0.4, 0.5) is 0 Å². The summed E-state index contributed by atoms with van der Waals surface area (Å²) in [5.74, 6) is 0.968. The summed E-state index contributed by atoms with van der Waals surface area (Å²) < 4.78 is 5.46. The molecule has 2 rings (SSSR count). The van der Waals surface area contributed by atoms with Crippen molar-refractivity contribution in [3.63, 3.8) is 0 Å². The quantitative estimate of drug-likeness (QED) is 0.812. The molecule has 2 N–H and O–H groups in total. The number of hydrogen-bond donors (Lipinski definition) is 1. The third kappa shape index (κ3) is 2.89. The molecule has 0 atom stereocenters. The zero-order chi connectivity index (χ0) is 12.1. The Bertz CT molecular complexity index is 410. The fourth-order valence-corrected chi connectivity index (χ4v) is 2.46. The first-order chi connectivity index (χ1) is 8.35. The summed E-state index contributed by atoms with van der Waals surface area (Å²) in [6.45, 7) is 0.570. The molecule has 2 heteroatoms. The van der Waals surface area contributed by atoms with Gasteiger partial charge in [0.25, 0.3) is 0 Å². The summed E-state index contributed by atoms with van der Waals surface area (Å²) in [6.07, 6.45) is 10.4. The van der Waals surface area contributed by atoms with Crippen molar-refractivity contribution >= 4 is 6.08 Å². The lowest BCUT2D eigenvalue weighted by atomic mass is 9.99. The number of hydrogen-bond acceptors (Lipinski definition) is 2. The Morgan fingerprint density at radius 1 is 1.18 bits per heavy atom. The fourth-order valence-electron chi connectivity index (χ4n) is 2.46. The summed E-state index contributed by atoms with van der Waals surface area (Å²) in [4.78, 5) is 0. The molecule has 0 saturated heterocycles. The van der Waals surface area contributed by atoms with E-state index in [0.717, 1.165) is 11.3 Å². The Balaban J connectivity index is 2.38.